The molecule has 5 nitrogen and oxygen atoms in total. The number of nitrogens with zero attached hydrogens (tertiary/aromatic N) is 4. The van der Waals surface area contributed by atoms with E-state index >= 15 is 0 Å². The van der Waals surface area contributed by atoms with Crippen LogP contribution in [0, 0.1) is 5.92 Å². The maximum atomic E-state index is 13.1. The first-order valence-electron chi connectivity index (χ1n) is 8.62. The van der Waals surface area contributed by atoms with Gasteiger partial charge in [-0.2, -0.15) is 0 Å². The van der Waals surface area contributed by atoms with E-state index in [1.54, 1.807) is 18.6 Å². The van der Waals surface area contributed by atoms with E-state index in [4.69, 9.17) is 0 Å². The van der Waals surface area contributed by atoms with Crippen LogP contribution < -0.4 is 4.90 Å². The summed E-state index contributed by atoms with van der Waals surface area (Å²) in [5.74, 6) is 1.23. The fraction of sp³-hybridized carbons (Fsp3) is 0.500. The summed E-state index contributed by atoms with van der Waals surface area (Å²) in [7, 11) is 0. The molecular formula is C18H22N4OS. The molecule has 24 heavy (non-hydrogen) atoms. The van der Waals surface area contributed by atoms with Crippen LogP contribution in [0.25, 0.3) is 0 Å². The molecule has 0 radical (unpaired) electrons. The molecule has 0 bridgehead atoms. The summed E-state index contributed by atoms with van der Waals surface area (Å²) in [4.78, 5) is 27.4. The fourth-order valence-corrected chi connectivity index (χ4v) is 4.85. The Balaban J connectivity index is 1.48. The number of hydrogen-bond donors (Lipinski definition) is 0. The third-order valence-electron chi connectivity index (χ3n) is 5.20. The zero-order valence-corrected chi connectivity index (χ0v) is 14.7. The lowest BCUT2D eigenvalue weighted by Crippen LogP contribution is -2.47. The summed E-state index contributed by atoms with van der Waals surface area (Å²) in [6, 6.07) is 2.37. The van der Waals surface area contributed by atoms with Crippen molar-refractivity contribution in [3.63, 3.8) is 0 Å². The van der Waals surface area contributed by atoms with Gasteiger partial charge < -0.3 is 9.80 Å². The molecule has 0 aromatic carbocycles. The van der Waals surface area contributed by atoms with Crippen LogP contribution in [0.15, 0.2) is 30.0 Å². The smallest absolute Gasteiger partial charge is 0.227 e. The topological polar surface area (TPSA) is 49.3 Å². The molecule has 2 aliphatic rings. The van der Waals surface area contributed by atoms with E-state index in [9.17, 15) is 4.79 Å². The van der Waals surface area contributed by atoms with E-state index in [0.29, 0.717) is 5.91 Å². The minimum absolute atomic E-state index is 0.0587. The van der Waals surface area contributed by atoms with Crippen molar-refractivity contribution in [3.8, 4) is 0 Å². The van der Waals surface area contributed by atoms with Crippen molar-refractivity contribution in [3.05, 3.63) is 40.5 Å². The Kier molecular flexibility index (Phi) is 4.22. The predicted octanol–water partition coefficient (Wildman–Crippen LogP) is 2.90. The monoisotopic (exact) mass is 342 g/mol. The van der Waals surface area contributed by atoms with Gasteiger partial charge >= 0.3 is 0 Å². The molecule has 6 heteroatoms. The largest absolute Gasteiger partial charge is 0.355 e. The van der Waals surface area contributed by atoms with Crippen LogP contribution in [0.2, 0.25) is 0 Å². The summed E-state index contributed by atoms with van der Waals surface area (Å²) in [6.45, 7) is 4.70. The lowest BCUT2D eigenvalue weighted by molar-refractivity contribution is -0.138. The number of aromatic nitrogens is 2. The van der Waals surface area contributed by atoms with E-state index in [-0.39, 0.29) is 12.0 Å². The third kappa shape index (κ3) is 2.79. The molecule has 126 valence electrons. The zero-order chi connectivity index (χ0) is 16.5. The SMILES string of the molecule is C[C@@H]1c2ccsc2CCN1C(=O)[C@H]1CCCN(c2cnccn2)C1. The van der Waals surface area contributed by atoms with Gasteiger partial charge in [0.15, 0.2) is 0 Å². The first-order valence-corrected chi connectivity index (χ1v) is 9.49. The molecule has 2 aromatic heterocycles. The van der Waals surface area contributed by atoms with Gasteiger partial charge in [0.05, 0.1) is 18.2 Å². The van der Waals surface area contributed by atoms with E-state index in [1.165, 1.54) is 10.4 Å². The highest BCUT2D eigenvalue weighted by Gasteiger charge is 2.34. The molecule has 2 aliphatic heterocycles. The van der Waals surface area contributed by atoms with Gasteiger partial charge in [-0.15, -0.1) is 11.3 Å². The van der Waals surface area contributed by atoms with Crippen LogP contribution in [0.1, 0.15) is 36.2 Å². The number of rotatable bonds is 2. The molecule has 0 unspecified atom stereocenters. The first-order chi connectivity index (χ1) is 11.7. The van der Waals surface area contributed by atoms with E-state index in [1.807, 2.05) is 11.3 Å². The number of piperidine rings is 1. The van der Waals surface area contributed by atoms with Crippen LogP contribution in [0.4, 0.5) is 5.82 Å². The normalized spacial score (nSPS) is 23.9. The van der Waals surface area contributed by atoms with E-state index in [2.05, 4.69) is 38.1 Å². The van der Waals surface area contributed by atoms with Gasteiger partial charge in [0.1, 0.15) is 5.82 Å². The number of hydrogen-bond acceptors (Lipinski definition) is 5. The summed E-state index contributed by atoms with van der Waals surface area (Å²) in [5, 5.41) is 2.14. The highest BCUT2D eigenvalue weighted by Crippen LogP contribution is 2.34. The Morgan fingerprint density at radius 1 is 1.33 bits per heavy atom. The minimum Gasteiger partial charge on any atom is -0.355 e. The number of fused-ring (bicyclic) bond motifs is 1. The molecule has 1 fully saturated rings. The summed E-state index contributed by atoms with van der Waals surface area (Å²) in [5.41, 5.74) is 1.33. The van der Waals surface area contributed by atoms with Crippen molar-refractivity contribution < 1.29 is 4.79 Å². The average molecular weight is 342 g/mol. The molecule has 0 spiro atoms. The molecule has 2 aromatic rings. The molecule has 2 atom stereocenters. The molecular weight excluding hydrogens is 320 g/mol. The van der Waals surface area contributed by atoms with Crippen molar-refractivity contribution in [2.75, 3.05) is 24.5 Å². The van der Waals surface area contributed by atoms with Crippen LogP contribution in [0.5, 0.6) is 0 Å². The van der Waals surface area contributed by atoms with Crippen molar-refractivity contribution in [1.82, 2.24) is 14.9 Å². The van der Waals surface area contributed by atoms with Crippen LogP contribution in [-0.4, -0.2) is 40.4 Å². The average Bonchev–Trinajstić information content (AvgIpc) is 3.12. The van der Waals surface area contributed by atoms with Crippen molar-refractivity contribution in [2.24, 2.45) is 5.92 Å². The maximum absolute atomic E-state index is 13.1. The van der Waals surface area contributed by atoms with E-state index in [0.717, 1.165) is 44.7 Å². The second-order valence-electron chi connectivity index (χ2n) is 6.61. The molecule has 0 saturated carbocycles. The Morgan fingerprint density at radius 2 is 2.25 bits per heavy atom. The highest BCUT2D eigenvalue weighted by molar-refractivity contribution is 7.10. The highest BCUT2D eigenvalue weighted by atomic mass is 32.1. The number of carbonyl (C=O) groups excluding carboxylic acids is 1. The number of amides is 1. The quantitative estimate of drug-likeness (QED) is 0.842. The van der Waals surface area contributed by atoms with Crippen molar-refractivity contribution >= 4 is 23.1 Å². The fourth-order valence-electron chi connectivity index (χ4n) is 3.89. The van der Waals surface area contributed by atoms with Crippen molar-refractivity contribution in [2.45, 2.75) is 32.2 Å². The van der Waals surface area contributed by atoms with Gasteiger partial charge in [-0.3, -0.25) is 9.78 Å². The molecule has 0 N–H and O–H groups in total. The Labute approximate surface area is 146 Å². The Bertz CT molecular complexity index is 717. The number of carbonyl (C=O) groups is 1. The lowest BCUT2D eigenvalue weighted by atomic mass is 9.93. The molecule has 4 heterocycles. The van der Waals surface area contributed by atoms with Gasteiger partial charge in [0.25, 0.3) is 0 Å². The second-order valence-corrected chi connectivity index (χ2v) is 7.61. The summed E-state index contributed by atoms with van der Waals surface area (Å²) < 4.78 is 0. The van der Waals surface area contributed by atoms with E-state index < -0.39 is 0 Å². The number of anilines is 1. The van der Waals surface area contributed by atoms with Crippen LogP contribution in [-0.2, 0) is 11.2 Å². The maximum Gasteiger partial charge on any atom is 0.227 e. The molecule has 0 aliphatic carbocycles. The second kappa shape index (κ2) is 6.51. The summed E-state index contributed by atoms with van der Waals surface area (Å²) in [6.07, 6.45) is 8.17. The van der Waals surface area contributed by atoms with Crippen molar-refractivity contribution in [1.29, 1.82) is 0 Å². The lowest BCUT2D eigenvalue weighted by Gasteiger charge is -2.39. The van der Waals surface area contributed by atoms with Gasteiger partial charge in [-0.25, -0.2) is 4.98 Å². The number of thiophene rings is 1. The van der Waals surface area contributed by atoms with Gasteiger partial charge in [0, 0.05) is 36.9 Å². The minimum atomic E-state index is 0.0587. The molecule has 4 rings (SSSR count). The third-order valence-corrected chi connectivity index (χ3v) is 6.20. The Morgan fingerprint density at radius 3 is 3.08 bits per heavy atom. The Hall–Kier alpha value is -1.95. The van der Waals surface area contributed by atoms with Crippen LogP contribution in [0.3, 0.4) is 0 Å². The predicted molar refractivity (Wildman–Crippen MR) is 95.1 cm³/mol. The molecule has 1 saturated heterocycles. The first kappa shape index (κ1) is 15.6. The zero-order valence-electron chi connectivity index (χ0n) is 13.9. The summed E-state index contributed by atoms with van der Waals surface area (Å²) >= 11 is 1.81. The van der Waals surface area contributed by atoms with Gasteiger partial charge in [0.2, 0.25) is 5.91 Å². The van der Waals surface area contributed by atoms with Gasteiger partial charge in [-0.1, -0.05) is 0 Å². The molecule has 1 amide bonds. The van der Waals surface area contributed by atoms with Gasteiger partial charge in [-0.05, 0) is 43.2 Å². The van der Waals surface area contributed by atoms with Crippen LogP contribution >= 0.6 is 11.3 Å². The standard InChI is InChI=1S/C18H22N4OS/c1-13-15-5-10-24-16(15)4-9-22(13)18(23)14-3-2-8-21(12-14)17-11-19-6-7-20-17/h5-7,10-11,13-14H,2-4,8-9,12H2,1H3/t13-,14+/m1/s1.